The van der Waals surface area contributed by atoms with Crippen molar-refractivity contribution in [3.05, 3.63) is 70.4 Å². The van der Waals surface area contributed by atoms with Gasteiger partial charge in [0.2, 0.25) is 5.76 Å². The summed E-state index contributed by atoms with van der Waals surface area (Å²) in [5.41, 5.74) is 6.29. The van der Waals surface area contributed by atoms with Gasteiger partial charge in [0.05, 0.1) is 22.3 Å². The molecular formula is C22H16Cl2N2O6. The van der Waals surface area contributed by atoms with Crippen molar-refractivity contribution in [2.24, 2.45) is 5.73 Å². The minimum Gasteiger partial charge on any atom is -0.477 e. The van der Waals surface area contributed by atoms with Crippen LogP contribution < -0.4 is 15.4 Å². The molecule has 1 aliphatic heterocycles. The van der Waals surface area contributed by atoms with Gasteiger partial charge in [0.1, 0.15) is 11.5 Å². The number of primary amides is 1. The van der Waals surface area contributed by atoms with Gasteiger partial charge in [-0.1, -0.05) is 41.4 Å². The Balaban J connectivity index is 1.45. The monoisotopic (exact) mass is 474 g/mol. The van der Waals surface area contributed by atoms with Crippen molar-refractivity contribution in [3.63, 3.8) is 0 Å². The third kappa shape index (κ3) is 4.28. The van der Waals surface area contributed by atoms with Gasteiger partial charge in [-0.25, -0.2) is 4.79 Å². The molecule has 0 spiro atoms. The predicted octanol–water partition coefficient (Wildman–Crippen LogP) is 3.69. The van der Waals surface area contributed by atoms with E-state index in [-0.39, 0.29) is 17.3 Å². The molecule has 164 valence electrons. The second kappa shape index (κ2) is 8.94. The Morgan fingerprint density at radius 3 is 2.62 bits per heavy atom. The number of carbonyl (C=O) groups excluding carboxylic acids is 3. The molecule has 2 aromatic carbocycles. The van der Waals surface area contributed by atoms with Crippen LogP contribution in [0.5, 0.6) is 5.75 Å². The molecule has 32 heavy (non-hydrogen) atoms. The molecule has 3 aromatic rings. The first kappa shape index (κ1) is 21.7. The maximum absolute atomic E-state index is 12.8. The van der Waals surface area contributed by atoms with E-state index in [9.17, 15) is 14.4 Å². The summed E-state index contributed by atoms with van der Waals surface area (Å²) in [4.78, 5) is 38.0. The van der Waals surface area contributed by atoms with Crippen molar-refractivity contribution in [3.8, 4) is 17.1 Å². The number of halogens is 2. The zero-order valence-electron chi connectivity index (χ0n) is 16.4. The van der Waals surface area contributed by atoms with Crippen LogP contribution in [0.15, 0.2) is 59.0 Å². The first-order chi connectivity index (χ1) is 15.3. The fraction of sp³-hybridized carbons (Fsp3) is 0.136. The molecule has 0 fully saturated rings. The molecule has 2 N–H and O–H groups in total. The first-order valence-electron chi connectivity index (χ1n) is 9.42. The quantitative estimate of drug-likeness (QED) is 0.564. The van der Waals surface area contributed by atoms with Gasteiger partial charge in [0.15, 0.2) is 12.7 Å². The molecule has 10 heteroatoms. The SMILES string of the molecule is NC(=O)C1CN(C(=O)COC(=O)c2ccc(-c3cccc(Cl)c3Cl)o2)c2ccccc2O1. The van der Waals surface area contributed by atoms with Gasteiger partial charge < -0.3 is 24.5 Å². The Labute approximate surface area is 192 Å². The van der Waals surface area contributed by atoms with Crippen molar-refractivity contribution in [1.29, 1.82) is 0 Å². The molecule has 1 atom stereocenters. The Morgan fingerprint density at radius 1 is 1.06 bits per heavy atom. The van der Waals surface area contributed by atoms with E-state index in [1.54, 1.807) is 48.5 Å². The number of carbonyl (C=O) groups is 3. The van der Waals surface area contributed by atoms with E-state index in [0.717, 1.165) is 0 Å². The van der Waals surface area contributed by atoms with Crippen LogP contribution in [0.25, 0.3) is 11.3 Å². The molecule has 1 aromatic heterocycles. The number of fused-ring (bicyclic) bond motifs is 1. The third-order valence-electron chi connectivity index (χ3n) is 4.74. The maximum atomic E-state index is 12.8. The fourth-order valence-corrected chi connectivity index (χ4v) is 3.58. The summed E-state index contributed by atoms with van der Waals surface area (Å²) >= 11 is 12.2. The van der Waals surface area contributed by atoms with E-state index in [1.807, 2.05) is 0 Å². The van der Waals surface area contributed by atoms with Crippen LogP contribution in [-0.2, 0) is 14.3 Å². The summed E-state index contributed by atoms with van der Waals surface area (Å²) in [6.45, 7) is -0.673. The number of benzene rings is 2. The van der Waals surface area contributed by atoms with E-state index in [2.05, 4.69) is 0 Å². The number of nitrogens with two attached hydrogens (primary N) is 1. The molecule has 2 heterocycles. The van der Waals surface area contributed by atoms with Crippen LogP contribution in [0.3, 0.4) is 0 Å². The lowest BCUT2D eigenvalue weighted by Crippen LogP contribution is -2.50. The van der Waals surface area contributed by atoms with Crippen molar-refractivity contribution < 1.29 is 28.3 Å². The molecular weight excluding hydrogens is 459 g/mol. The summed E-state index contributed by atoms with van der Waals surface area (Å²) in [6, 6.07) is 14.7. The van der Waals surface area contributed by atoms with E-state index < -0.39 is 30.5 Å². The summed E-state index contributed by atoms with van der Waals surface area (Å²) in [6.07, 6.45) is -1.01. The van der Waals surface area contributed by atoms with E-state index >= 15 is 0 Å². The molecule has 0 saturated heterocycles. The molecule has 2 amide bonds. The molecule has 8 nitrogen and oxygen atoms in total. The van der Waals surface area contributed by atoms with Crippen LogP contribution in [-0.4, -0.2) is 37.0 Å². The average molecular weight is 475 g/mol. The molecule has 0 bridgehead atoms. The summed E-state index contributed by atoms with van der Waals surface area (Å²) in [7, 11) is 0. The van der Waals surface area contributed by atoms with Crippen molar-refractivity contribution in [2.75, 3.05) is 18.1 Å². The van der Waals surface area contributed by atoms with Crippen LogP contribution in [0.1, 0.15) is 10.6 Å². The number of amides is 2. The standard InChI is InChI=1S/C22H16Cl2N2O6/c23-13-5-3-4-12(20(13)24)15-8-9-17(31-15)22(29)30-11-19(27)26-10-18(21(25)28)32-16-7-2-1-6-14(16)26/h1-9,18H,10-11H2,(H2,25,28). The van der Waals surface area contributed by atoms with E-state index in [0.29, 0.717) is 27.8 Å². The lowest BCUT2D eigenvalue weighted by atomic mass is 10.2. The number of nitrogens with zero attached hydrogens (tertiary/aromatic N) is 1. The Bertz CT molecular complexity index is 1210. The van der Waals surface area contributed by atoms with Crippen molar-refractivity contribution >= 4 is 46.7 Å². The maximum Gasteiger partial charge on any atom is 0.374 e. The first-order valence-corrected chi connectivity index (χ1v) is 10.2. The topological polar surface area (TPSA) is 112 Å². The molecule has 0 aliphatic carbocycles. The molecule has 0 radical (unpaired) electrons. The van der Waals surface area contributed by atoms with Crippen LogP contribution in [0.2, 0.25) is 10.0 Å². The highest BCUT2D eigenvalue weighted by Crippen LogP contribution is 2.35. The van der Waals surface area contributed by atoms with E-state index in [4.69, 9.17) is 42.8 Å². The molecule has 0 saturated carbocycles. The minimum absolute atomic E-state index is 0.0963. The van der Waals surface area contributed by atoms with Gasteiger partial charge in [-0.3, -0.25) is 9.59 Å². The van der Waals surface area contributed by atoms with E-state index in [1.165, 1.54) is 11.0 Å². The number of para-hydroxylation sites is 2. The highest BCUT2D eigenvalue weighted by Gasteiger charge is 2.33. The minimum atomic E-state index is -1.01. The average Bonchev–Trinajstić information content (AvgIpc) is 3.28. The van der Waals surface area contributed by atoms with Gasteiger partial charge in [0, 0.05) is 5.56 Å². The van der Waals surface area contributed by atoms with Gasteiger partial charge in [-0.15, -0.1) is 0 Å². The Morgan fingerprint density at radius 2 is 1.84 bits per heavy atom. The summed E-state index contributed by atoms with van der Waals surface area (Å²) in [5, 5.41) is 0.629. The smallest absolute Gasteiger partial charge is 0.374 e. The number of anilines is 1. The largest absolute Gasteiger partial charge is 0.477 e. The number of furan rings is 1. The number of rotatable bonds is 5. The van der Waals surface area contributed by atoms with Crippen LogP contribution >= 0.6 is 23.2 Å². The Kier molecular flexibility index (Phi) is 6.07. The summed E-state index contributed by atoms with van der Waals surface area (Å²) in [5.74, 6) is -1.56. The zero-order valence-corrected chi connectivity index (χ0v) is 17.9. The van der Waals surface area contributed by atoms with Gasteiger partial charge in [0.25, 0.3) is 11.8 Å². The number of hydrogen-bond acceptors (Lipinski definition) is 6. The highest BCUT2D eigenvalue weighted by atomic mass is 35.5. The number of esters is 1. The normalized spacial score (nSPS) is 14.9. The van der Waals surface area contributed by atoms with Gasteiger partial charge in [-0.2, -0.15) is 0 Å². The number of ether oxygens (including phenoxy) is 2. The van der Waals surface area contributed by atoms with Crippen LogP contribution in [0, 0.1) is 0 Å². The van der Waals surface area contributed by atoms with Crippen molar-refractivity contribution in [2.45, 2.75) is 6.10 Å². The Hall–Kier alpha value is -3.49. The van der Waals surface area contributed by atoms with Crippen LogP contribution in [0.4, 0.5) is 5.69 Å². The fourth-order valence-electron chi connectivity index (χ4n) is 3.18. The third-order valence-corrected chi connectivity index (χ3v) is 5.56. The molecule has 4 rings (SSSR count). The number of hydrogen-bond donors (Lipinski definition) is 1. The second-order valence-electron chi connectivity index (χ2n) is 6.82. The predicted molar refractivity (Wildman–Crippen MR) is 117 cm³/mol. The highest BCUT2D eigenvalue weighted by molar-refractivity contribution is 6.43. The lowest BCUT2D eigenvalue weighted by molar-refractivity contribution is -0.126. The molecule has 1 unspecified atom stereocenters. The molecule has 1 aliphatic rings. The zero-order chi connectivity index (χ0) is 22.8. The summed E-state index contributed by atoms with van der Waals surface area (Å²) < 4.78 is 16.2. The van der Waals surface area contributed by atoms with Crippen molar-refractivity contribution in [1.82, 2.24) is 0 Å². The lowest BCUT2D eigenvalue weighted by Gasteiger charge is -2.33. The second-order valence-corrected chi connectivity index (χ2v) is 7.61. The van der Waals surface area contributed by atoms with Gasteiger partial charge in [-0.05, 0) is 36.4 Å². The van der Waals surface area contributed by atoms with Gasteiger partial charge >= 0.3 is 5.97 Å².